The highest BCUT2D eigenvalue weighted by Crippen LogP contribution is 2.35. The Morgan fingerprint density at radius 2 is 1.05 bits per heavy atom. The molecule has 0 amide bonds. The summed E-state index contributed by atoms with van der Waals surface area (Å²) in [5.74, 6) is 1.54. The number of aromatic nitrogens is 3. The van der Waals surface area contributed by atoms with Gasteiger partial charge < -0.3 is 0 Å². The predicted molar refractivity (Wildman–Crippen MR) is 161 cm³/mol. The van der Waals surface area contributed by atoms with Crippen molar-refractivity contribution in [2.24, 2.45) is 0 Å². The van der Waals surface area contributed by atoms with E-state index in [-0.39, 0.29) is 0 Å². The molecule has 0 bridgehead atoms. The minimum absolute atomic E-state index is 0.378. The van der Waals surface area contributed by atoms with Gasteiger partial charge in [-0.05, 0) is 55.6 Å². The normalized spacial score (nSPS) is 12.0. The van der Waals surface area contributed by atoms with Crippen LogP contribution in [-0.4, -0.2) is 9.90 Å². The summed E-state index contributed by atoms with van der Waals surface area (Å²) in [6, 6.07) is 18.1. The van der Waals surface area contributed by atoms with Crippen LogP contribution in [0, 0.1) is 20.8 Å². The Morgan fingerprint density at radius 3 is 1.47 bits per heavy atom. The highest BCUT2D eigenvalue weighted by molar-refractivity contribution is 5.67. The van der Waals surface area contributed by atoms with Gasteiger partial charge in [0.1, 0.15) is 5.21 Å². The Morgan fingerprint density at radius 1 is 0.632 bits per heavy atom. The van der Waals surface area contributed by atoms with Crippen molar-refractivity contribution in [3.05, 3.63) is 93.7 Å². The molecule has 1 heterocycles. The molecule has 200 valence electrons. The molecule has 38 heavy (non-hydrogen) atoms. The fourth-order valence-electron chi connectivity index (χ4n) is 5.90. The molecular weight excluding hydrogens is 462 g/mol. The minimum Gasteiger partial charge on any atom is -0.101 e. The Balaban J connectivity index is 2.18. The summed E-state index contributed by atoms with van der Waals surface area (Å²) in [5.41, 5.74) is 14.0. The zero-order valence-corrected chi connectivity index (χ0v) is 25.3. The van der Waals surface area contributed by atoms with E-state index in [1.807, 2.05) is 0 Å². The lowest BCUT2D eigenvalue weighted by Crippen LogP contribution is -2.39. The van der Waals surface area contributed by atoms with Gasteiger partial charge in [0.2, 0.25) is 5.69 Å². The fourth-order valence-corrected chi connectivity index (χ4v) is 5.90. The largest absolute Gasteiger partial charge is 0.205 e. The van der Waals surface area contributed by atoms with E-state index in [0.29, 0.717) is 23.7 Å². The number of para-hydroxylation sites is 2. The van der Waals surface area contributed by atoms with Crippen LogP contribution in [0.25, 0.3) is 22.6 Å². The highest BCUT2D eigenvalue weighted by Gasteiger charge is 2.31. The molecule has 3 heteroatoms. The van der Waals surface area contributed by atoms with Gasteiger partial charge in [-0.25, -0.2) is 0 Å². The van der Waals surface area contributed by atoms with Crippen molar-refractivity contribution in [1.82, 2.24) is 9.90 Å². The van der Waals surface area contributed by atoms with E-state index in [2.05, 4.69) is 140 Å². The van der Waals surface area contributed by atoms with Crippen LogP contribution in [0.5, 0.6) is 0 Å². The van der Waals surface area contributed by atoms with Crippen molar-refractivity contribution in [3.8, 4) is 22.6 Å². The van der Waals surface area contributed by atoms with Gasteiger partial charge in [-0.2, -0.15) is 0 Å². The summed E-state index contributed by atoms with van der Waals surface area (Å²) in [7, 11) is 0. The maximum atomic E-state index is 5.44. The molecular formula is C35H46N3+. The third-order valence-corrected chi connectivity index (χ3v) is 7.72. The number of aryl methyl sites for hydroxylation is 3. The molecule has 4 aromatic rings. The molecule has 0 N–H and O–H groups in total. The minimum atomic E-state index is 0.378. The first kappa shape index (κ1) is 27.8. The highest BCUT2D eigenvalue weighted by atomic mass is 15.5. The maximum absolute atomic E-state index is 5.44. The number of rotatable bonds is 7. The van der Waals surface area contributed by atoms with Gasteiger partial charge in [0, 0.05) is 27.8 Å². The van der Waals surface area contributed by atoms with Gasteiger partial charge in [0.15, 0.2) is 17.6 Å². The molecule has 0 aliphatic rings. The lowest BCUT2D eigenvalue weighted by molar-refractivity contribution is -0.651. The van der Waals surface area contributed by atoms with Crippen molar-refractivity contribution in [2.75, 3.05) is 0 Å². The molecule has 0 saturated heterocycles. The molecule has 0 spiro atoms. The van der Waals surface area contributed by atoms with E-state index in [9.17, 15) is 0 Å². The van der Waals surface area contributed by atoms with Crippen LogP contribution in [0.1, 0.15) is 118 Å². The SMILES string of the molecule is Cc1cc(C)c(-c2cn(-c3c(C(C)C)cccc3C(C)C)n[n+]2-c2c(C(C)C)cccc2C(C)C)c(C)c1. The van der Waals surface area contributed by atoms with Crippen molar-refractivity contribution < 1.29 is 4.68 Å². The van der Waals surface area contributed by atoms with Gasteiger partial charge >= 0.3 is 0 Å². The lowest BCUT2D eigenvalue weighted by Gasteiger charge is -2.17. The third-order valence-electron chi connectivity index (χ3n) is 7.72. The summed E-state index contributed by atoms with van der Waals surface area (Å²) in [6.07, 6.45) is 2.28. The zero-order valence-electron chi connectivity index (χ0n) is 25.3. The van der Waals surface area contributed by atoms with Gasteiger partial charge in [0.05, 0.1) is 0 Å². The predicted octanol–water partition coefficient (Wildman–Crippen LogP) is 9.23. The van der Waals surface area contributed by atoms with E-state index in [4.69, 9.17) is 5.21 Å². The van der Waals surface area contributed by atoms with Crippen LogP contribution in [0.4, 0.5) is 0 Å². The fraction of sp³-hybridized carbons (Fsp3) is 0.429. The summed E-state index contributed by atoms with van der Waals surface area (Å²) < 4.78 is 4.41. The van der Waals surface area contributed by atoms with E-state index in [1.54, 1.807) is 0 Å². The Labute approximate surface area is 230 Å². The first-order valence-electron chi connectivity index (χ1n) is 14.3. The van der Waals surface area contributed by atoms with E-state index in [1.165, 1.54) is 55.9 Å². The van der Waals surface area contributed by atoms with Crippen molar-refractivity contribution in [3.63, 3.8) is 0 Å². The van der Waals surface area contributed by atoms with E-state index >= 15 is 0 Å². The van der Waals surface area contributed by atoms with Crippen LogP contribution >= 0.6 is 0 Å². The monoisotopic (exact) mass is 508 g/mol. The van der Waals surface area contributed by atoms with Gasteiger partial charge in [-0.1, -0.05) is 114 Å². The second-order valence-electron chi connectivity index (χ2n) is 12.2. The molecule has 0 aliphatic heterocycles. The van der Waals surface area contributed by atoms with Crippen LogP contribution in [0.15, 0.2) is 54.7 Å². The second kappa shape index (κ2) is 10.9. The number of benzene rings is 3. The summed E-state index contributed by atoms with van der Waals surface area (Å²) in [5, 5.41) is 5.44. The first-order chi connectivity index (χ1) is 17.9. The van der Waals surface area contributed by atoms with Crippen LogP contribution < -0.4 is 4.68 Å². The molecule has 0 atom stereocenters. The maximum Gasteiger partial charge on any atom is 0.205 e. The molecule has 0 aliphatic carbocycles. The molecule has 0 fully saturated rings. The summed E-state index contributed by atoms with van der Waals surface area (Å²) in [6.45, 7) is 24.9. The molecule has 3 aromatic carbocycles. The average molecular weight is 509 g/mol. The van der Waals surface area contributed by atoms with Crippen molar-refractivity contribution in [2.45, 2.75) is 99.8 Å². The second-order valence-corrected chi connectivity index (χ2v) is 12.2. The standard InChI is InChI=1S/C35H46N3/c1-21(2)28-14-12-15-29(22(3)4)34(28)37-20-32(33-26(10)18-25(9)19-27(33)11)38(36-37)35-30(23(5)6)16-13-17-31(35)24(7)8/h12-24H,1-11H3/q+1. The molecule has 4 rings (SSSR count). The Bertz CT molecular complexity index is 1370. The van der Waals surface area contributed by atoms with Crippen molar-refractivity contribution in [1.29, 1.82) is 0 Å². The molecule has 0 radical (unpaired) electrons. The zero-order chi connectivity index (χ0) is 27.9. The first-order valence-corrected chi connectivity index (χ1v) is 14.3. The van der Waals surface area contributed by atoms with Crippen LogP contribution in [0.3, 0.4) is 0 Å². The quantitative estimate of drug-likeness (QED) is 0.228. The number of hydrogen-bond donors (Lipinski definition) is 0. The van der Waals surface area contributed by atoms with E-state index < -0.39 is 0 Å². The van der Waals surface area contributed by atoms with Crippen molar-refractivity contribution >= 4 is 0 Å². The topological polar surface area (TPSA) is 21.7 Å². The summed E-state index contributed by atoms with van der Waals surface area (Å²) in [4.78, 5) is 0. The smallest absolute Gasteiger partial charge is 0.101 e. The molecule has 3 nitrogen and oxygen atoms in total. The Hall–Kier alpha value is -3.20. The van der Waals surface area contributed by atoms with E-state index in [0.717, 1.165) is 5.69 Å². The number of hydrogen-bond acceptors (Lipinski definition) is 1. The van der Waals surface area contributed by atoms with Crippen LogP contribution in [-0.2, 0) is 0 Å². The van der Waals surface area contributed by atoms with Gasteiger partial charge in [-0.3, -0.25) is 0 Å². The Kier molecular flexibility index (Phi) is 7.97. The molecule has 1 aromatic heterocycles. The number of nitrogens with zero attached hydrogens (tertiary/aromatic N) is 3. The van der Waals surface area contributed by atoms with Gasteiger partial charge in [0.25, 0.3) is 0 Å². The van der Waals surface area contributed by atoms with Crippen LogP contribution in [0.2, 0.25) is 0 Å². The molecule has 0 unspecified atom stereocenters. The third kappa shape index (κ3) is 5.08. The molecule has 0 saturated carbocycles. The lowest BCUT2D eigenvalue weighted by atomic mass is 9.92. The van der Waals surface area contributed by atoms with Gasteiger partial charge in [-0.15, -0.1) is 4.68 Å². The average Bonchev–Trinajstić information content (AvgIpc) is 3.26. The summed E-state index contributed by atoms with van der Waals surface area (Å²) >= 11 is 0.